The van der Waals surface area contributed by atoms with Crippen molar-refractivity contribution in [1.82, 2.24) is 10.2 Å². The van der Waals surface area contributed by atoms with E-state index in [1.807, 2.05) is 30.3 Å². The van der Waals surface area contributed by atoms with Crippen LogP contribution < -0.4 is 5.32 Å². The molecule has 1 aromatic carbocycles. The Hall–Kier alpha value is -1.55. The average Bonchev–Trinajstić information content (AvgIpc) is 2.36. The highest BCUT2D eigenvalue weighted by atomic mass is 35.5. The van der Waals surface area contributed by atoms with Crippen molar-refractivity contribution >= 4 is 23.4 Å². The largest absolute Gasteiger partial charge is 0.347 e. The lowest BCUT2D eigenvalue weighted by Crippen LogP contribution is -2.41. The molecule has 0 radical (unpaired) electrons. The lowest BCUT2D eigenvalue weighted by atomic mass is 10.2. The van der Waals surface area contributed by atoms with Crippen LogP contribution in [0.1, 0.15) is 5.56 Å². The molecule has 0 bridgehead atoms. The van der Waals surface area contributed by atoms with Crippen LogP contribution in [-0.4, -0.2) is 36.2 Å². The van der Waals surface area contributed by atoms with E-state index in [0.717, 1.165) is 5.56 Å². The summed E-state index contributed by atoms with van der Waals surface area (Å²) in [5.41, 5.74) is 0.980. The van der Waals surface area contributed by atoms with Gasteiger partial charge >= 0.3 is 11.8 Å². The van der Waals surface area contributed by atoms with E-state index in [-0.39, 0.29) is 0 Å². The number of rotatable bonds is 4. The Morgan fingerprint density at radius 3 is 2.53 bits per heavy atom. The van der Waals surface area contributed by atoms with Crippen molar-refractivity contribution in [2.75, 3.05) is 19.5 Å². The minimum Gasteiger partial charge on any atom is -0.347 e. The summed E-state index contributed by atoms with van der Waals surface area (Å²) in [6.45, 7) is 0.708. The number of hydrogen-bond acceptors (Lipinski definition) is 2. The molecule has 0 saturated heterocycles. The maximum atomic E-state index is 11.6. The van der Waals surface area contributed by atoms with Gasteiger partial charge < -0.3 is 10.2 Å². The van der Waals surface area contributed by atoms with Crippen molar-refractivity contribution in [3.8, 4) is 0 Å². The molecule has 0 aromatic heterocycles. The van der Waals surface area contributed by atoms with Crippen molar-refractivity contribution in [1.29, 1.82) is 0 Å². The third kappa shape index (κ3) is 4.44. The van der Waals surface area contributed by atoms with Gasteiger partial charge in [0.25, 0.3) is 0 Å². The second kappa shape index (κ2) is 6.91. The zero-order valence-corrected chi connectivity index (χ0v) is 10.4. The lowest BCUT2D eigenvalue weighted by Gasteiger charge is -2.16. The molecule has 0 fully saturated rings. The lowest BCUT2D eigenvalue weighted by molar-refractivity contribution is -0.145. The van der Waals surface area contributed by atoms with Crippen LogP contribution >= 0.6 is 11.6 Å². The monoisotopic (exact) mass is 254 g/mol. The molecule has 0 aliphatic rings. The Morgan fingerprint density at radius 2 is 1.94 bits per heavy atom. The van der Waals surface area contributed by atoms with Gasteiger partial charge in [-0.05, 0) is 5.56 Å². The summed E-state index contributed by atoms with van der Waals surface area (Å²) in [6, 6.07) is 9.49. The summed E-state index contributed by atoms with van der Waals surface area (Å²) in [5.74, 6) is -0.885. The van der Waals surface area contributed by atoms with Crippen molar-refractivity contribution in [2.24, 2.45) is 0 Å². The number of nitrogens with one attached hydrogen (secondary N) is 1. The first-order valence-corrected chi connectivity index (χ1v) is 5.81. The van der Waals surface area contributed by atoms with E-state index >= 15 is 0 Å². The highest BCUT2D eigenvalue weighted by Gasteiger charge is 2.17. The van der Waals surface area contributed by atoms with Crippen LogP contribution in [0.15, 0.2) is 30.3 Å². The molecule has 0 saturated carbocycles. The first-order chi connectivity index (χ1) is 8.15. The Bertz CT molecular complexity index is 381. The van der Waals surface area contributed by atoms with E-state index in [0.29, 0.717) is 19.0 Å². The maximum absolute atomic E-state index is 11.6. The molecule has 0 atom stereocenters. The first-order valence-electron chi connectivity index (χ1n) is 5.28. The van der Waals surface area contributed by atoms with E-state index in [4.69, 9.17) is 11.6 Å². The molecule has 92 valence electrons. The van der Waals surface area contributed by atoms with Crippen molar-refractivity contribution in [3.63, 3.8) is 0 Å². The number of nitrogens with zero attached hydrogens (tertiary/aromatic N) is 1. The van der Waals surface area contributed by atoms with Crippen LogP contribution in [0.5, 0.6) is 0 Å². The van der Waals surface area contributed by atoms with Gasteiger partial charge in [-0.3, -0.25) is 9.59 Å². The van der Waals surface area contributed by atoms with Crippen molar-refractivity contribution in [2.45, 2.75) is 6.54 Å². The fraction of sp³-hybridized carbons (Fsp3) is 0.333. The average molecular weight is 255 g/mol. The van der Waals surface area contributed by atoms with E-state index in [2.05, 4.69) is 5.32 Å². The predicted octanol–water partition coefficient (Wildman–Crippen LogP) is 1.000. The Balaban J connectivity index is 2.50. The Morgan fingerprint density at radius 1 is 1.29 bits per heavy atom. The van der Waals surface area contributed by atoms with Crippen molar-refractivity contribution < 1.29 is 9.59 Å². The van der Waals surface area contributed by atoms with Crippen LogP contribution in [0.2, 0.25) is 0 Å². The summed E-state index contributed by atoms with van der Waals surface area (Å²) in [4.78, 5) is 24.4. The molecule has 4 nitrogen and oxygen atoms in total. The topological polar surface area (TPSA) is 49.4 Å². The quantitative estimate of drug-likeness (QED) is 0.644. The molecule has 1 aromatic rings. The summed E-state index contributed by atoms with van der Waals surface area (Å²) >= 11 is 5.42. The van der Waals surface area contributed by atoms with Gasteiger partial charge in [-0.1, -0.05) is 30.3 Å². The van der Waals surface area contributed by atoms with Crippen LogP contribution in [0.3, 0.4) is 0 Å². The van der Waals surface area contributed by atoms with Gasteiger partial charge in [0, 0.05) is 26.0 Å². The van der Waals surface area contributed by atoms with Gasteiger partial charge in [0.1, 0.15) is 0 Å². The molecule has 0 unspecified atom stereocenters. The molecular weight excluding hydrogens is 240 g/mol. The third-order valence-corrected chi connectivity index (χ3v) is 2.37. The smallest absolute Gasteiger partial charge is 0.311 e. The molecule has 17 heavy (non-hydrogen) atoms. The molecule has 1 rings (SSSR count). The minimum absolute atomic E-state index is 0.293. The maximum Gasteiger partial charge on any atom is 0.311 e. The summed E-state index contributed by atoms with van der Waals surface area (Å²) in [7, 11) is 1.59. The molecular formula is C12H15ClN2O2. The number of carbonyl (C=O) groups is 2. The SMILES string of the molecule is CN(Cc1ccccc1)C(=O)C(=O)NCCCl. The van der Waals surface area contributed by atoms with Crippen molar-refractivity contribution in [3.05, 3.63) is 35.9 Å². The summed E-state index contributed by atoms with van der Waals surface area (Å²) < 4.78 is 0. The van der Waals surface area contributed by atoms with E-state index in [1.54, 1.807) is 7.05 Å². The summed E-state index contributed by atoms with van der Waals surface area (Å²) in [5, 5.41) is 2.44. The Labute approximate surface area is 106 Å². The van der Waals surface area contributed by atoms with Crippen LogP contribution in [-0.2, 0) is 16.1 Å². The Kier molecular flexibility index (Phi) is 5.49. The van der Waals surface area contributed by atoms with E-state index in [9.17, 15) is 9.59 Å². The summed E-state index contributed by atoms with van der Waals surface area (Å²) in [6.07, 6.45) is 0. The molecule has 0 aliphatic carbocycles. The highest BCUT2D eigenvalue weighted by Crippen LogP contribution is 2.02. The minimum atomic E-state index is -0.621. The fourth-order valence-electron chi connectivity index (χ4n) is 1.34. The number of likely N-dealkylation sites (N-methyl/N-ethyl adjacent to an activating group) is 1. The van der Waals surface area contributed by atoms with Gasteiger partial charge in [-0.2, -0.15) is 0 Å². The fourth-order valence-corrected chi connectivity index (χ4v) is 1.43. The first kappa shape index (κ1) is 13.5. The predicted molar refractivity (Wildman–Crippen MR) is 66.6 cm³/mol. The number of benzene rings is 1. The molecule has 0 heterocycles. The zero-order chi connectivity index (χ0) is 12.7. The number of alkyl halides is 1. The second-order valence-electron chi connectivity index (χ2n) is 3.59. The van der Waals surface area contributed by atoms with E-state index < -0.39 is 11.8 Å². The molecule has 2 amide bonds. The molecule has 5 heteroatoms. The zero-order valence-electron chi connectivity index (χ0n) is 9.65. The van der Waals surface area contributed by atoms with Crippen LogP contribution in [0.25, 0.3) is 0 Å². The van der Waals surface area contributed by atoms with Gasteiger partial charge in [0.05, 0.1) is 0 Å². The highest BCUT2D eigenvalue weighted by molar-refractivity contribution is 6.35. The normalized spacial score (nSPS) is 9.76. The number of amides is 2. The second-order valence-corrected chi connectivity index (χ2v) is 3.97. The number of hydrogen-bond donors (Lipinski definition) is 1. The number of halogens is 1. The third-order valence-electron chi connectivity index (χ3n) is 2.18. The standard InChI is InChI=1S/C12H15ClN2O2/c1-15(9-10-5-3-2-4-6-10)12(17)11(16)14-8-7-13/h2-6H,7-9H2,1H3,(H,14,16). The van der Waals surface area contributed by atoms with Gasteiger partial charge in [-0.15, -0.1) is 11.6 Å². The number of carbonyl (C=O) groups excluding carboxylic acids is 2. The van der Waals surface area contributed by atoms with Gasteiger partial charge in [0.2, 0.25) is 0 Å². The molecule has 1 N–H and O–H groups in total. The molecule has 0 aliphatic heterocycles. The molecule has 0 spiro atoms. The van der Waals surface area contributed by atoms with Gasteiger partial charge in [0.15, 0.2) is 0 Å². The van der Waals surface area contributed by atoms with Gasteiger partial charge in [-0.25, -0.2) is 0 Å². The van der Waals surface area contributed by atoms with Crippen LogP contribution in [0, 0.1) is 0 Å². The van der Waals surface area contributed by atoms with E-state index in [1.165, 1.54) is 4.90 Å². The van der Waals surface area contributed by atoms with Crippen LogP contribution in [0.4, 0.5) is 0 Å².